The zero-order valence-electron chi connectivity index (χ0n) is 13.7. The lowest BCUT2D eigenvalue weighted by molar-refractivity contribution is -0.0498. The zero-order chi connectivity index (χ0) is 17.2. The normalized spacial score (nSPS) is 13.3. The quantitative estimate of drug-likeness (QED) is 0.506. The second-order valence-electron chi connectivity index (χ2n) is 5.46. The monoisotopic (exact) mass is 329 g/mol. The van der Waals surface area contributed by atoms with Crippen LogP contribution in [0.3, 0.4) is 0 Å². The maximum Gasteiger partial charge on any atom is 0.387 e. The van der Waals surface area contributed by atoms with Gasteiger partial charge in [-0.2, -0.15) is 8.78 Å². The van der Waals surface area contributed by atoms with Gasteiger partial charge in [-0.3, -0.25) is 4.99 Å². The molecule has 0 spiro atoms. The van der Waals surface area contributed by atoms with Crippen molar-refractivity contribution in [1.29, 1.82) is 0 Å². The fraction of sp³-hybridized carbons (Fsp3) is 0.562. The highest BCUT2D eigenvalue weighted by Gasteiger charge is 2.10. The van der Waals surface area contributed by atoms with Crippen molar-refractivity contribution < 1.29 is 18.6 Å². The number of nitrogens with one attached hydrogen (secondary N) is 2. The molecule has 0 aliphatic heterocycles. The molecule has 0 saturated carbocycles. The number of aliphatic hydroxyl groups is 1. The molecule has 3 N–H and O–H groups in total. The summed E-state index contributed by atoms with van der Waals surface area (Å²) in [6.07, 6.45) is -0.779. The molecule has 130 valence electrons. The van der Waals surface area contributed by atoms with E-state index in [1.807, 2.05) is 6.92 Å². The van der Waals surface area contributed by atoms with E-state index in [4.69, 9.17) is 0 Å². The largest absolute Gasteiger partial charge is 0.435 e. The molecule has 0 fully saturated rings. The van der Waals surface area contributed by atoms with E-state index in [0.29, 0.717) is 24.0 Å². The lowest BCUT2D eigenvalue weighted by Crippen LogP contribution is -2.39. The zero-order valence-corrected chi connectivity index (χ0v) is 13.7. The van der Waals surface area contributed by atoms with E-state index in [2.05, 4.69) is 34.2 Å². The summed E-state index contributed by atoms with van der Waals surface area (Å²) in [5.74, 6) is 1.14. The summed E-state index contributed by atoms with van der Waals surface area (Å²) < 4.78 is 28.5. The predicted octanol–water partition coefficient (Wildman–Crippen LogP) is 2.53. The fourth-order valence-electron chi connectivity index (χ4n) is 1.80. The summed E-state index contributed by atoms with van der Waals surface area (Å²) in [6, 6.07) is 5.93. The van der Waals surface area contributed by atoms with Gasteiger partial charge in [0.05, 0.1) is 6.10 Å². The van der Waals surface area contributed by atoms with Crippen molar-refractivity contribution in [2.24, 2.45) is 10.9 Å². The number of halogens is 2. The van der Waals surface area contributed by atoms with E-state index in [1.54, 1.807) is 12.1 Å². The van der Waals surface area contributed by atoms with E-state index in [9.17, 15) is 13.9 Å². The van der Waals surface area contributed by atoms with Gasteiger partial charge in [-0.25, -0.2) is 0 Å². The maximum absolute atomic E-state index is 12.1. The van der Waals surface area contributed by atoms with Crippen LogP contribution >= 0.6 is 0 Å². The third-order valence-electron chi connectivity index (χ3n) is 2.91. The molecule has 0 aromatic heterocycles. The molecule has 0 amide bonds. The van der Waals surface area contributed by atoms with E-state index in [-0.39, 0.29) is 12.3 Å². The lowest BCUT2D eigenvalue weighted by Gasteiger charge is -2.16. The Morgan fingerprint density at radius 3 is 2.39 bits per heavy atom. The van der Waals surface area contributed by atoms with Gasteiger partial charge in [0.15, 0.2) is 5.96 Å². The number of hydrogen-bond acceptors (Lipinski definition) is 3. The summed E-state index contributed by atoms with van der Waals surface area (Å²) in [5, 5.41) is 16.3. The van der Waals surface area contributed by atoms with Crippen LogP contribution in [0.1, 0.15) is 32.4 Å². The standard InChI is InChI=1S/C16H25F2N3O2/c1-4-19-16(20-9-11(2)3)21-10-14(22)12-5-7-13(8-6-12)23-15(17)18/h5-8,11,14-15,22H,4,9-10H2,1-3H3,(H2,19,20,21). The molecule has 23 heavy (non-hydrogen) atoms. The minimum Gasteiger partial charge on any atom is -0.435 e. The van der Waals surface area contributed by atoms with Gasteiger partial charge in [0.2, 0.25) is 0 Å². The minimum absolute atomic E-state index is 0.0655. The molecular weight excluding hydrogens is 304 g/mol. The maximum atomic E-state index is 12.1. The minimum atomic E-state index is -2.85. The third-order valence-corrected chi connectivity index (χ3v) is 2.91. The van der Waals surface area contributed by atoms with Gasteiger partial charge < -0.3 is 20.5 Å². The van der Waals surface area contributed by atoms with Gasteiger partial charge in [0, 0.05) is 19.6 Å². The summed E-state index contributed by atoms with van der Waals surface area (Å²) in [4.78, 5) is 4.41. The Kier molecular flexibility index (Phi) is 8.32. The first-order valence-electron chi connectivity index (χ1n) is 7.67. The number of aliphatic hydroxyl groups excluding tert-OH is 1. The molecular formula is C16H25F2N3O2. The molecule has 1 aromatic carbocycles. The molecule has 0 aliphatic carbocycles. The van der Waals surface area contributed by atoms with Crippen molar-refractivity contribution in [1.82, 2.24) is 10.6 Å². The Hall–Kier alpha value is -1.89. The molecule has 7 heteroatoms. The number of guanidine groups is 1. The topological polar surface area (TPSA) is 65.9 Å². The van der Waals surface area contributed by atoms with Gasteiger partial charge in [-0.1, -0.05) is 26.0 Å². The van der Waals surface area contributed by atoms with Crippen LogP contribution < -0.4 is 15.4 Å². The first kappa shape index (κ1) is 19.2. The average Bonchev–Trinajstić information content (AvgIpc) is 2.49. The summed E-state index contributed by atoms with van der Waals surface area (Å²) in [7, 11) is 0. The van der Waals surface area contributed by atoms with Crippen LogP contribution in [0.15, 0.2) is 29.3 Å². The Morgan fingerprint density at radius 1 is 1.22 bits per heavy atom. The van der Waals surface area contributed by atoms with Crippen molar-refractivity contribution >= 4 is 5.96 Å². The highest BCUT2D eigenvalue weighted by molar-refractivity contribution is 5.79. The van der Waals surface area contributed by atoms with E-state index in [1.165, 1.54) is 12.1 Å². The molecule has 0 bridgehead atoms. The van der Waals surface area contributed by atoms with Crippen molar-refractivity contribution in [2.45, 2.75) is 33.5 Å². The van der Waals surface area contributed by atoms with E-state index >= 15 is 0 Å². The summed E-state index contributed by atoms with van der Waals surface area (Å²) in [6.45, 7) is 4.93. The highest BCUT2D eigenvalue weighted by Crippen LogP contribution is 2.18. The Bertz CT molecular complexity index is 479. The third kappa shape index (κ3) is 7.78. The second-order valence-corrected chi connectivity index (χ2v) is 5.46. The summed E-state index contributed by atoms with van der Waals surface area (Å²) >= 11 is 0. The molecule has 5 nitrogen and oxygen atoms in total. The Morgan fingerprint density at radius 2 is 1.87 bits per heavy atom. The van der Waals surface area contributed by atoms with Gasteiger partial charge in [-0.05, 0) is 30.5 Å². The Balaban J connectivity index is 2.56. The number of ether oxygens (including phenoxy) is 1. The lowest BCUT2D eigenvalue weighted by atomic mass is 10.1. The van der Waals surface area contributed by atoms with Crippen LogP contribution in [0, 0.1) is 5.92 Å². The smallest absolute Gasteiger partial charge is 0.387 e. The number of aliphatic imine (C=N–C) groups is 1. The molecule has 1 unspecified atom stereocenters. The average molecular weight is 329 g/mol. The molecule has 0 saturated heterocycles. The molecule has 1 rings (SSSR count). The van der Waals surface area contributed by atoms with Crippen LogP contribution in [0.2, 0.25) is 0 Å². The van der Waals surface area contributed by atoms with Crippen molar-refractivity contribution in [3.63, 3.8) is 0 Å². The van der Waals surface area contributed by atoms with Gasteiger partial charge >= 0.3 is 6.61 Å². The van der Waals surface area contributed by atoms with Crippen molar-refractivity contribution in [3.8, 4) is 5.75 Å². The van der Waals surface area contributed by atoms with E-state index in [0.717, 1.165) is 6.54 Å². The molecule has 0 aliphatic rings. The van der Waals surface area contributed by atoms with Gasteiger partial charge in [0.25, 0.3) is 0 Å². The Labute approximate surface area is 135 Å². The van der Waals surface area contributed by atoms with Crippen LogP contribution in [0.4, 0.5) is 8.78 Å². The van der Waals surface area contributed by atoms with Crippen molar-refractivity contribution in [3.05, 3.63) is 29.8 Å². The van der Waals surface area contributed by atoms with Crippen molar-refractivity contribution in [2.75, 3.05) is 19.6 Å². The molecule has 1 aromatic rings. The molecule has 1 atom stereocenters. The van der Waals surface area contributed by atoms with E-state index < -0.39 is 12.7 Å². The second kappa shape index (κ2) is 9.99. The first-order chi connectivity index (χ1) is 10.9. The van der Waals surface area contributed by atoms with Gasteiger partial charge in [-0.15, -0.1) is 0 Å². The van der Waals surface area contributed by atoms with Crippen LogP contribution in [0.25, 0.3) is 0 Å². The van der Waals surface area contributed by atoms with Gasteiger partial charge in [0.1, 0.15) is 5.75 Å². The SMILES string of the molecule is CCNC(=NCC(C)C)NCC(O)c1ccc(OC(F)F)cc1. The number of nitrogens with zero attached hydrogens (tertiary/aromatic N) is 1. The first-order valence-corrected chi connectivity index (χ1v) is 7.67. The molecule has 0 heterocycles. The number of benzene rings is 1. The summed E-state index contributed by atoms with van der Waals surface area (Å²) in [5.41, 5.74) is 0.610. The predicted molar refractivity (Wildman–Crippen MR) is 86.9 cm³/mol. The number of alkyl halides is 2. The highest BCUT2D eigenvalue weighted by atomic mass is 19.3. The van der Waals surface area contributed by atoms with Crippen LogP contribution in [0.5, 0.6) is 5.75 Å². The fourth-order valence-corrected chi connectivity index (χ4v) is 1.80. The van der Waals surface area contributed by atoms with Crippen LogP contribution in [-0.4, -0.2) is 37.3 Å². The molecule has 0 radical (unpaired) electrons. The number of hydrogen-bond donors (Lipinski definition) is 3. The van der Waals surface area contributed by atoms with Crippen LogP contribution in [-0.2, 0) is 0 Å². The number of rotatable bonds is 8.